The SMILES string of the molecule is CCC1(c2c(C#N)c(Cl)c3cnc(N)nn23)CCC1.O=C(N1CCCC(F)C1)C(F)(F)F. The van der Waals surface area contributed by atoms with Crippen molar-refractivity contribution in [3.8, 4) is 6.07 Å². The number of nitriles is 1. The van der Waals surface area contributed by atoms with Crippen molar-refractivity contribution in [1.29, 1.82) is 5.26 Å². The number of aromatic nitrogens is 3. The van der Waals surface area contributed by atoms with Gasteiger partial charge in [0, 0.05) is 12.0 Å². The predicted octanol–water partition coefficient (Wildman–Crippen LogP) is 4.18. The molecule has 0 aromatic carbocycles. The van der Waals surface area contributed by atoms with Crippen LogP contribution in [-0.4, -0.2) is 50.8 Å². The summed E-state index contributed by atoms with van der Waals surface area (Å²) in [6.07, 6.45) is 0.173. The van der Waals surface area contributed by atoms with Crippen molar-refractivity contribution in [3.05, 3.63) is 22.5 Å². The summed E-state index contributed by atoms with van der Waals surface area (Å²) in [7, 11) is 0. The zero-order valence-electron chi connectivity index (χ0n) is 17.4. The number of amides is 1. The number of carbonyl (C=O) groups excluding carboxylic acids is 1. The number of fused-ring (bicyclic) bond motifs is 1. The second-order valence-electron chi connectivity index (χ2n) is 8.04. The quantitative estimate of drug-likeness (QED) is 0.658. The molecule has 0 bridgehead atoms. The molecule has 174 valence electrons. The lowest BCUT2D eigenvalue weighted by Crippen LogP contribution is -2.46. The van der Waals surface area contributed by atoms with Crippen LogP contribution in [0.3, 0.4) is 0 Å². The molecule has 12 heteroatoms. The molecule has 0 spiro atoms. The number of nitrogen functional groups attached to an aromatic ring is 1. The minimum absolute atomic E-state index is 0.00123. The number of likely N-dealkylation sites (tertiary alicyclic amines) is 1. The fourth-order valence-electron chi connectivity index (χ4n) is 4.26. The van der Waals surface area contributed by atoms with Crippen LogP contribution in [0.1, 0.15) is 56.7 Å². The number of anilines is 1. The Kier molecular flexibility index (Phi) is 6.83. The van der Waals surface area contributed by atoms with Crippen molar-refractivity contribution in [2.75, 3.05) is 18.8 Å². The standard InChI is InChI=1S/C13H14ClN5.C7H9F4NO/c1-2-13(4-3-5-13)11-8(6-15)10(14)9-7-17-12(16)18-19(9)11;8-5-2-1-3-12(4-5)6(13)7(9,10)11/h7H,2-5H2,1H3,(H2,16,18);5H,1-4H2. The van der Waals surface area contributed by atoms with Crippen molar-refractivity contribution < 1.29 is 22.4 Å². The van der Waals surface area contributed by atoms with Gasteiger partial charge in [0.25, 0.3) is 0 Å². The van der Waals surface area contributed by atoms with E-state index >= 15 is 0 Å². The Hall–Kier alpha value is -2.61. The highest BCUT2D eigenvalue weighted by Gasteiger charge is 2.44. The minimum atomic E-state index is -4.88. The second kappa shape index (κ2) is 9.10. The van der Waals surface area contributed by atoms with Gasteiger partial charge in [-0.05, 0) is 32.1 Å². The summed E-state index contributed by atoms with van der Waals surface area (Å²) in [4.78, 5) is 15.1. The van der Waals surface area contributed by atoms with Gasteiger partial charge in [0.2, 0.25) is 5.95 Å². The van der Waals surface area contributed by atoms with Crippen LogP contribution >= 0.6 is 11.6 Å². The van der Waals surface area contributed by atoms with E-state index in [1.807, 2.05) is 0 Å². The van der Waals surface area contributed by atoms with Crippen LogP contribution in [0.15, 0.2) is 6.20 Å². The minimum Gasteiger partial charge on any atom is -0.367 e. The van der Waals surface area contributed by atoms with Gasteiger partial charge < -0.3 is 10.6 Å². The Morgan fingerprint density at radius 1 is 1.41 bits per heavy atom. The van der Waals surface area contributed by atoms with Crippen LogP contribution in [0, 0.1) is 11.3 Å². The Bertz CT molecular complexity index is 1040. The molecule has 32 heavy (non-hydrogen) atoms. The summed E-state index contributed by atoms with van der Waals surface area (Å²) in [5.41, 5.74) is 7.74. The molecule has 4 rings (SSSR count). The molecule has 1 saturated carbocycles. The fourth-order valence-corrected chi connectivity index (χ4v) is 4.53. The van der Waals surface area contributed by atoms with Crippen molar-refractivity contribution in [3.63, 3.8) is 0 Å². The zero-order valence-corrected chi connectivity index (χ0v) is 18.2. The van der Waals surface area contributed by atoms with Gasteiger partial charge >= 0.3 is 12.1 Å². The van der Waals surface area contributed by atoms with E-state index in [0.29, 0.717) is 27.4 Å². The maximum absolute atomic E-state index is 12.6. The molecule has 0 radical (unpaired) electrons. The lowest BCUT2D eigenvalue weighted by molar-refractivity contribution is -0.187. The third-order valence-electron chi connectivity index (χ3n) is 6.14. The molecule has 1 amide bonds. The van der Waals surface area contributed by atoms with Crippen molar-refractivity contribution in [2.24, 2.45) is 0 Å². The van der Waals surface area contributed by atoms with Crippen LogP contribution in [0.25, 0.3) is 5.52 Å². The number of hydrogen-bond acceptors (Lipinski definition) is 5. The normalized spacial score (nSPS) is 20.2. The third-order valence-corrected chi connectivity index (χ3v) is 6.52. The van der Waals surface area contributed by atoms with E-state index in [1.165, 1.54) is 6.42 Å². The molecular weight excluding hydrogens is 452 g/mol. The first-order valence-corrected chi connectivity index (χ1v) is 10.7. The first kappa shape index (κ1) is 24.0. The van der Waals surface area contributed by atoms with E-state index in [2.05, 4.69) is 23.1 Å². The van der Waals surface area contributed by atoms with E-state index in [-0.39, 0.29) is 24.3 Å². The number of nitrogens with two attached hydrogens (primary N) is 1. The average Bonchev–Trinajstić information content (AvgIpc) is 2.98. The Balaban J connectivity index is 0.000000195. The van der Waals surface area contributed by atoms with Gasteiger partial charge in [0.15, 0.2) is 0 Å². The van der Waals surface area contributed by atoms with Crippen LogP contribution in [0.5, 0.6) is 0 Å². The molecule has 3 heterocycles. The maximum Gasteiger partial charge on any atom is 0.471 e. The molecule has 1 unspecified atom stereocenters. The first-order chi connectivity index (χ1) is 15.0. The smallest absolute Gasteiger partial charge is 0.367 e. The van der Waals surface area contributed by atoms with Gasteiger partial charge in [-0.3, -0.25) is 4.79 Å². The summed E-state index contributed by atoms with van der Waals surface area (Å²) >= 11 is 6.29. The second-order valence-corrected chi connectivity index (χ2v) is 8.42. The predicted molar refractivity (Wildman–Crippen MR) is 110 cm³/mol. The van der Waals surface area contributed by atoms with Crippen LogP contribution in [-0.2, 0) is 10.2 Å². The molecule has 2 aromatic rings. The Morgan fingerprint density at radius 3 is 2.59 bits per heavy atom. The maximum atomic E-state index is 12.6. The van der Waals surface area contributed by atoms with Gasteiger partial charge in [-0.2, -0.15) is 18.4 Å². The summed E-state index contributed by atoms with van der Waals surface area (Å²) in [5.74, 6) is -1.75. The largest absolute Gasteiger partial charge is 0.471 e. The summed E-state index contributed by atoms with van der Waals surface area (Å²) in [5, 5.41) is 14.1. The van der Waals surface area contributed by atoms with Gasteiger partial charge in [-0.25, -0.2) is 13.9 Å². The van der Waals surface area contributed by atoms with Gasteiger partial charge in [0.1, 0.15) is 17.8 Å². The molecular formula is C20H23ClF4N6O. The molecule has 2 aromatic heterocycles. The van der Waals surface area contributed by atoms with E-state index in [1.54, 1.807) is 10.7 Å². The summed E-state index contributed by atoms with van der Waals surface area (Å²) in [6, 6.07) is 2.22. The molecule has 1 atom stereocenters. The monoisotopic (exact) mass is 474 g/mol. The molecule has 2 fully saturated rings. The Morgan fingerprint density at radius 2 is 2.09 bits per heavy atom. The van der Waals surface area contributed by atoms with Gasteiger partial charge in [-0.15, -0.1) is 5.10 Å². The van der Waals surface area contributed by atoms with Crippen LogP contribution in [0.4, 0.5) is 23.5 Å². The van der Waals surface area contributed by atoms with Crippen molar-refractivity contribution in [1.82, 2.24) is 19.5 Å². The molecule has 2 aliphatic rings. The summed E-state index contributed by atoms with van der Waals surface area (Å²) in [6.45, 7) is 1.70. The van der Waals surface area contributed by atoms with Gasteiger partial charge in [0.05, 0.1) is 29.0 Å². The molecule has 7 nitrogen and oxygen atoms in total. The highest BCUT2D eigenvalue weighted by atomic mass is 35.5. The molecule has 1 aliphatic carbocycles. The van der Waals surface area contributed by atoms with E-state index in [9.17, 15) is 27.6 Å². The zero-order chi connectivity index (χ0) is 23.7. The number of piperidine rings is 1. The van der Waals surface area contributed by atoms with Crippen LogP contribution < -0.4 is 5.73 Å². The highest BCUT2D eigenvalue weighted by molar-refractivity contribution is 6.35. The molecule has 2 N–H and O–H groups in total. The molecule has 1 saturated heterocycles. The average molecular weight is 475 g/mol. The fraction of sp³-hybridized carbons (Fsp3) is 0.600. The topological polar surface area (TPSA) is 100 Å². The summed E-state index contributed by atoms with van der Waals surface area (Å²) < 4.78 is 49.9. The van der Waals surface area contributed by atoms with E-state index in [4.69, 9.17) is 17.3 Å². The lowest BCUT2D eigenvalue weighted by atomic mass is 9.64. The van der Waals surface area contributed by atoms with Crippen LogP contribution in [0.2, 0.25) is 5.02 Å². The number of hydrogen-bond donors (Lipinski definition) is 1. The lowest BCUT2D eigenvalue weighted by Gasteiger charge is -2.41. The number of rotatable bonds is 2. The number of halogens is 5. The Labute approximate surface area is 187 Å². The van der Waals surface area contributed by atoms with E-state index < -0.39 is 24.8 Å². The number of nitrogens with zero attached hydrogens (tertiary/aromatic N) is 5. The van der Waals surface area contributed by atoms with Crippen molar-refractivity contribution >= 4 is 29.0 Å². The van der Waals surface area contributed by atoms with Gasteiger partial charge in [-0.1, -0.05) is 24.9 Å². The third kappa shape index (κ3) is 4.46. The molecule has 1 aliphatic heterocycles. The van der Waals surface area contributed by atoms with Crippen molar-refractivity contribution in [2.45, 2.75) is 63.2 Å². The number of alkyl halides is 4. The number of carbonyl (C=O) groups is 1. The first-order valence-electron chi connectivity index (χ1n) is 10.3. The highest BCUT2D eigenvalue weighted by Crippen LogP contribution is 2.49. The van der Waals surface area contributed by atoms with E-state index in [0.717, 1.165) is 25.0 Å².